The number of hydrogen-bond acceptors (Lipinski definition) is 7. The Morgan fingerprint density at radius 1 is 1.48 bits per heavy atom. The van der Waals surface area contributed by atoms with Crippen molar-refractivity contribution in [2.45, 2.75) is 39.3 Å². The molecule has 3 heterocycles. The van der Waals surface area contributed by atoms with Gasteiger partial charge in [0.2, 0.25) is 5.95 Å². The number of morpholine rings is 1. The van der Waals surface area contributed by atoms with E-state index in [9.17, 15) is 0 Å². The van der Waals surface area contributed by atoms with E-state index < -0.39 is 0 Å². The Kier molecular flexibility index (Phi) is 3.97. The number of thiophene rings is 1. The first-order chi connectivity index (χ1) is 10.1. The zero-order valence-electron chi connectivity index (χ0n) is 12.6. The van der Waals surface area contributed by atoms with E-state index in [0.717, 1.165) is 29.0 Å². The fraction of sp³-hybridized carbons (Fsp3) is 0.571. The topological polar surface area (TPSA) is 76.3 Å². The molecule has 0 bridgehead atoms. The standard InChI is InChI=1S/C14H21N5OS/c1-4-10-5-11-12(16-14(18-15)17-13(11)21-10)19-6-9(3)20-7-8(19)2/h5,8-9H,4,6-7,15H2,1-3H3,(H,16,17,18). The molecule has 7 heteroatoms. The summed E-state index contributed by atoms with van der Waals surface area (Å²) in [7, 11) is 0. The number of aryl methyl sites for hydroxylation is 1. The molecule has 6 nitrogen and oxygen atoms in total. The number of nitrogen functional groups attached to an aromatic ring is 1. The Balaban J connectivity index is 2.12. The van der Waals surface area contributed by atoms with Crippen molar-refractivity contribution in [2.24, 2.45) is 5.84 Å². The van der Waals surface area contributed by atoms with Crippen LogP contribution in [0, 0.1) is 0 Å². The van der Waals surface area contributed by atoms with Crippen LogP contribution >= 0.6 is 11.3 Å². The molecular formula is C14H21N5OS. The molecule has 114 valence electrons. The van der Waals surface area contributed by atoms with Gasteiger partial charge in [-0.1, -0.05) is 6.92 Å². The number of fused-ring (bicyclic) bond motifs is 1. The number of ether oxygens (including phenoxy) is 1. The number of nitrogens with two attached hydrogens (primary N) is 1. The first-order valence-corrected chi connectivity index (χ1v) is 8.09. The lowest BCUT2D eigenvalue weighted by molar-refractivity contribution is 0.0342. The Bertz CT molecular complexity index is 644. The molecule has 0 radical (unpaired) electrons. The van der Waals surface area contributed by atoms with Gasteiger partial charge < -0.3 is 9.64 Å². The Labute approximate surface area is 128 Å². The van der Waals surface area contributed by atoms with Crippen LogP contribution in [0.5, 0.6) is 0 Å². The lowest BCUT2D eigenvalue weighted by Crippen LogP contribution is -2.48. The lowest BCUT2D eigenvalue weighted by Gasteiger charge is -2.38. The average Bonchev–Trinajstić information content (AvgIpc) is 2.91. The van der Waals surface area contributed by atoms with Crippen molar-refractivity contribution in [3.05, 3.63) is 10.9 Å². The number of nitrogens with zero attached hydrogens (tertiary/aromatic N) is 3. The van der Waals surface area contributed by atoms with Gasteiger partial charge in [-0.15, -0.1) is 11.3 Å². The molecule has 1 fully saturated rings. The lowest BCUT2D eigenvalue weighted by atomic mass is 10.2. The van der Waals surface area contributed by atoms with E-state index in [4.69, 9.17) is 10.6 Å². The van der Waals surface area contributed by atoms with Crippen LogP contribution in [0.1, 0.15) is 25.6 Å². The van der Waals surface area contributed by atoms with Gasteiger partial charge in [0.05, 0.1) is 24.1 Å². The summed E-state index contributed by atoms with van der Waals surface area (Å²) in [6, 6.07) is 2.48. The summed E-state index contributed by atoms with van der Waals surface area (Å²) < 4.78 is 5.71. The largest absolute Gasteiger partial charge is 0.375 e. The molecule has 2 aromatic heterocycles. The van der Waals surface area contributed by atoms with Crippen molar-refractivity contribution in [1.82, 2.24) is 9.97 Å². The van der Waals surface area contributed by atoms with E-state index >= 15 is 0 Å². The molecule has 3 rings (SSSR count). The van der Waals surface area contributed by atoms with Gasteiger partial charge in [-0.25, -0.2) is 10.8 Å². The number of hydrogen-bond donors (Lipinski definition) is 2. The second-order valence-electron chi connectivity index (χ2n) is 5.45. The second kappa shape index (κ2) is 5.75. The van der Waals surface area contributed by atoms with Gasteiger partial charge in [-0.3, -0.25) is 5.43 Å². The fourth-order valence-electron chi connectivity index (χ4n) is 2.61. The maximum Gasteiger partial charge on any atom is 0.240 e. The normalized spacial score (nSPS) is 22.8. The first-order valence-electron chi connectivity index (χ1n) is 7.27. The minimum Gasteiger partial charge on any atom is -0.375 e. The van der Waals surface area contributed by atoms with Crippen LogP contribution in [0.15, 0.2) is 6.07 Å². The van der Waals surface area contributed by atoms with Gasteiger partial charge >= 0.3 is 0 Å². The predicted octanol–water partition coefficient (Wildman–Crippen LogP) is 2.15. The molecule has 2 unspecified atom stereocenters. The summed E-state index contributed by atoms with van der Waals surface area (Å²) in [5.74, 6) is 6.94. The highest BCUT2D eigenvalue weighted by Crippen LogP contribution is 2.34. The van der Waals surface area contributed by atoms with E-state index in [-0.39, 0.29) is 12.1 Å². The van der Waals surface area contributed by atoms with Crippen molar-refractivity contribution in [3.63, 3.8) is 0 Å². The van der Waals surface area contributed by atoms with E-state index in [1.165, 1.54) is 4.88 Å². The second-order valence-corrected chi connectivity index (χ2v) is 6.56. The summed E-state index contributed by atoms with van der Waals surface area (Å²) in [5.41, 5.74) is 2.58. The zero-order chi connectivity index (χ0) is 15.0. The third-order valence-electron chi connectivity index (χ3n) is 3.78. The molecule has 1 aliphatic rings. The highest BCUT2D eigenvalue weighted by atomic mass is 32.1. The molecule has 0 amide bonds. The monoisotopic (exact) mass is 307 g/mol. The molecule has 1 aliphatic heterocycles. The molecule has 21 heavy (non-hydrogen) atoms. The first kappa shape index (κ1) is 14.5. The van der Waals surface area contributed by atoms with Crippen molar-refractivity contribution < 1.29 is 4.74 Å². The van der Waals surface area contributed by atoms with Crippen LogP contribution in [0.25, 0.3) is 10.2 Å². The maximum atomic E-state index is 5.71. The van der Waals surface area contributed by atoms with Gasteiger partial charge in [0.1, 0.15) is 10.6 Å². The number of anilines is 2. The van der Waals surface area contributed by atoms with Gasteiger partial charge in [0, 0.05) is 11.4 Å². The zero-order valence-corrected chi connectivity index (χ0v) is 13.4. The van der Waals surface area contributed by atoms with Crippen LogP contribution < -0.4 is 16.2 Å². The van der Waals surface area contributed by atoms with Crippen molar-refractivity contribution in [1.29, 1.82) is 0 Å². The molecule has 1 saturated heterocycles. The summed E-state index contributed by atoms with van der Waals surface area (Å²) in [6.45, 7) is 7.93. The molecule has 0 spiro atoms. The molecule has 2 aromatic rings. The summed E-state index contributed by atoms with van der Waals surface area (Å²) in [4.78, 5) is 13.7. The van der Waals surface area contributed by atoms with E-state index in [1.54, 1.807) is 11.3 Å². The molecule has 3 N–H and O–H groups in total. The molecule has 0 aliphatic carbocycles. The minimum atomic E-state index is 0.199. The summed E-state index contributed by atoms with van der Waals surface area (Å²) in [6.07, 6.45) is 1.20. The third-order valence-corrected chi connectivity index (χ3v) is 4.95. The van der Waals surface area contributed by atoms with E-state index in [0.29, 0.717) is 12.6 Å². The smallest absolute Gasteiger partial charge is 0.240 e. The third kappa shape index (κ3) is 2.68. The molecule has 2 atom stereocenters. The number of rotatable bonds is 3. The summed E-state index contributed by atoms with van der Waals surface area (Å²) >= 11 is 1.70. The number of aromatic nitrogens is 2. The minimum absolute atomic E-state index is 0.199. The van der Waals surface area contributed by atoms with Crippen molar-refractivity contribution in [2.75, 3.05) is 23.5 Å². The van der Waals surface area contributed by atoms with E-state index in [2.05, 4.69) is 47.1 Å². The maximum absolute atomic E-state index is 5.71. The SMILES string of the molecule is CCc1cc2c(N3CC(C)OCC3C)nc(NN)nc2s1. The summed E-state index contributed by atoms with van der Waals surface area (Å²) in [5, 5.41) is 1.11. The van der Waals surface area contributed by atoms with E-state index in [1.807, 2.05) is 0 Å². The fourth-order valence-corrected chi connectivity index (χ4v) is 3.57. The van der Waals surface area contributed by atoms with Crippen LogP contribution in [-0.4, -0.2) is 35.3 Å². The van der Waals surface area contributed by atoms with Crippen molar-refractivity contribution in [3.8, 4) is 0 Å². The Hall–Kier alpha value is -1.44. The van der Waals surface area contributed by atoms with Crippen LogP contribution in [0.4, 0.5) is 11.8 Å². The van der Waals surface area contributed by atoms with Crippen LogP contribution in [0.2, 0.25) is 0 Å². The highest BCUT2D eigenvalue weighted by molar-refractivity contribution is 7.18. The molecular weight excluding hydrogens is 286 g/mol. The predicted molar refractivity (Wildman–Crippen MR) is 86.8 cm³/mol. The van der Waals surface area contributed by atoms with Gasteiger partial charge in [-0.05, 0) is 26.3 Å². The average molecular weight is 307 g/mol. The Morgan fingerprint density at radius 2 is 2.29 bits per heavy atom. The van der Waals surface area contributed by atoms with Crippen molar-refractivity contribution >= 4 is 33.3 Å². The quantitative estimate of drug-likeness (QED) is 0.668. The molecule has 0 aromatic carbocycles. The van der Waals surface area contributed by atoms with Crippen LogP contribution in [-0.2, 0) is 11.2 Å². The van der Waals surface area contributed by atoms with Gasteiger partial charge in [0.25, 0.3) is 0 Å². The van der Waals surface area contributed by atoms with Gasteiger partial charge in [-0.2, -0.15) is 4.98 Å². The highest BCUT2D eigenvalue weighted by Gasteiger charge is 2.27. The van der Waals surface area contributed by atoms with Gasteiger partial charge in [0.15, 0.2) is 0 Å². The number of hydrazine groups is 1. The Morgan fingerprint density at radius 3 is 3.00 bits per heavy atom. The van der Waals surface area contributed by atoms with Crippen LogP contribution in [0.3, 0.4) is 0 Å². The molecule has 0 saturated carbocycles. The number of nitrogens with one attached hydrogen (secondary N) is 1.